The molecule has 0 aliphatic heterocycles. The molecule has 6 heteroatoms. The van der Waals surface area contributed by atoms with Crippen LogP contribution in [-0.4, -0.2) is 25.5 Å². The molecule has 1 aromatic heterocycles. The lowest BCUT2D eigenvalue weighted by Crippen LogP contribution is -2.16. The first kappa shape index (κ1) is 20.3. The molecule has 1 heterocycles. The van der Waals surface area contributed by atoms with Gasteiger partial charge in [0.25, 0.3) is 0 Å². The van der Waals surface area contributed by atoms with E-state index in [1.807, 2.05) is 36.4 Å². The van der Waals surface area contributed by atoms with E-state index < -0.39 is 11.6 Å². The van der Waals surface area contributed by atoms with Crippen LogP contribution in [0, 0.1) is 6.92 Å². The lowest BCUT2D eigenvalue weighted by molar-refractivity contribution is -0.139. The summed E-state index contributed by atoms with van der Waals surface area (Å²) < 4.78 is 15.7. The number of benzene rings is 3. The fourth-order valence-electron chi connectivity index (χ4n) is 3.48. The summed E-state index contributed by atoms with van der Waals surface area (Å²) >= 11 is 0. The molecule has 6 nitrogen and oxygen atoms in total. The second-order valence-electron chi connectivity index (χ2n) is 7.18. The van der Waals surface area contributed by atoms with E-state index in [2.05, 4.69) is 4.74 Å². The van der Waals surface area contributed by atoms with Crippen LogP contribution in [0.3, 0.4) is 0 Å². The van der Waals surface area contributed by atoms with Gasteiger partial charge >= 0.3 is 11.6 Å². The first-order valence-corrected chi connectivity index (χ1v) is 9.74. The molecule has 0 atom stereocenters. The summed E-state index contributed by atoms with van der Waals surface area (Å²) in [7, 11) is 1.27. The first-order chi connectivity index (χ1) is 15.0. The van der Waals surface area contributed by atoms with Gasteiger partial charge in [-0.05, 0) is 41.5 Å². The summed E-state index contributed by atoms with van der Waals surface area (Å²) in [4.78, 5) is 36.4. The Labute approximate surface area is 178 Å². The standard InChI is InChI=1S/C25H20O6/c1-15-20-10-9-19(12-23(20)31-25(28)21(15)13-24(27)29-2)30-14-22(26)18-8-7-16-5-3-4-6-17(16)11-18/h3-12H,13-14H2,1-2H3. The number of aryl methyl sites for hydroxylation is 1. The van der Waals surface area contributed by atoms with Crippen molar-refractivity contribution in [1.82, 2.24) is 0 Å². The molecule has 156 valence electrons. The van der Waals surface area contributed by atoms with Crippen molar-refractivity contribution in [2.75, 3.05) is 13.7 Å². The minimum atomic E-state index is -0.597. The van der Waals surface area contributed by atoms with E-state index in [9.17, 15) is 14.4 Å². The average molecular weight is 416 g/mol. The molecule has 4 aromatic rings. The number of ketones is 1. The van der Waals surface area contributed by atoms with Crippen molar-refractivity contribution in [1.29, 1.82) is 0 Å². The van der Waals surface area contributed by atoms with Crippen LogP contribution in [0.2, 0.25) is 0 Å². The van der Waals surface area contributed by atoms with Crippen LogP contribution in [0.25, 0.3) is 21.7 Å². The Morgan fingerprint density at radius 1 is 0.968 bits per heavy atom. The van der Waals surface area contributed by atoms with E-state index in [4.69, 9.17) is 9.15 Å². The topological polar surface area (TPSA) is 82.8 Å². The molecular weight excluding hydrogens is 396 g/mol. The van der Waals surface area contributed by atoms with Crippen molar-refractivity contribution in [2.24, 2.45) is 0 Å². The number of esters is 1. The Bertz CT molecular complexity index is 1370. The number of hydrogen-bond acceptors (Lipinski definition) is 6. The molecule has 0 N–H and O–H groups in total. The van der Waals surface area contributed by atoms with Gasteiger partial charge < -0.3 is 13.9 Å². The normalized spacial score (nSPS) is 10.9. The summed E-state index contributed by atoms with van der Waals surface area (Å²) in [5.74, 6) is -0.260. The minimum absolute atomic E-state index is 0.145. The number of methoxy groups -OCH3 is 1. The van der Waals surface area contributed by atoms with Gasteiger partial charge in [-0.3, -0.25) is 9.59 Å². The maximum atomic E-state index is 12.6. The predicted octanol–water partition coefficient (Wildman–Crippen LogP) is 4.23. The zero-order valence-corrected chi connectivity index (χ0v) is 17.1. The van der Waals surface area contributed by atoms with Crippen LogP contribution >= 0.6 is 0 Å². The van der Waals surface area contributed by atoms with Crippen LogP contribution in [-0.2, 0) is 16.0 Å². The van der Waals surface area contributed by atoms with Gasteiger partial charge in [0.2, 0.25) is 0 Å². The van der Waals surface area contributed by atoms with Crippen molar-refractivity contribution in [3.63, 3.8) is 0 Å². The van der Waals surface area contributed by atoms with Crippen LogP contribution < -0.4 is 10.4 Å². The van der Waals surface area contributed by atoms with Crippen LogP contribution in [0.1, 0.15) is 21.5 Å². The highest BCUT2D eigenvalue weighted by atomic mass is 16.5. The number of hydrogen-bond donors (Lipinski definition) is 0. The Balaban J connectivity index is 1.54. The molecule has 0 spiro atoms. The van der Waals surface area contributed by atoms with Crippen molar-refractivity contribution >= 4 is 33.5 Å². The third-order valence-corrected chi connectivity index (χ3v) is 5.25. The van der Waals surface area contributed by atoms with Crippen molar-refractivity contribution < 1.29 is 23.5 Å². The van der Waals surface area contributed by atoms with Gasteiger partial charge in [0, 0.05) is 17.0 Å². The maximum Gasteiger partial charge on any atom is 0.340 e. The summed E-state index contributed by atoms with van der Waals surface area (Å²) in [6.07, 6.45) is -0.154. The molecule has 31 heavy (non-hydrogen) atoms. The van der Waals surface area contributed by atoms with Crippen LogP contribution in [0.15, 0.2) is 69.9 Å². The number of fused-ring (bicyclic) bond motifs is 2. The van der Waals surface area contributed by atoms with Gasteiger partial charge in [-0.2, -0.15) is 0 Å². The lowest BCUT2D eigenvalue weighted by atomic mass is 10.0. The predicted molar refractivity (Wildman–Crippen MR) is 117 cm³/mol. The second-order valence-corrected chi connectivity index (χ2v) is 7.18. The van der Waals surface area contributed by atoms with Gasteiger partial charge in [0.05, 0.1) is 19.1 Å². The van der Waals surface area contributed by atoms with Gasteiger partial charge in [0.1, 0.15) is 11.3 Å². The summed E-state index contributed by atoms with van der Waals surface area (Å²) in [5, 5.41) is 2.73. The quantitative estimate of drug-likeness (QED) is 0.266. The first-order valence-electron chi connectivity index (χ1n) is 9.74. The van der Waals surface area contributed by atoms with Crippen LogP contribution in [0.4, 0.5) is 0 Å². The Morgan fingerprint density at radius 2 is 1.74 bits per heavy atom. The molecule has 0 amide bonds. The van der Waals surface area contributed by atoms with E-state index in [1.54, 1.807) is 31.2 Å². The third kappa shape index (κ3) is 4.19. The summed E-state index contributed by atoms with van der Waals surface area (Å²) in [6.45, 7) is 1.61. The minimum Gasteiger partial charge on any atom is -0.485 e. The molecule has 0 unspecified atom stereocenters. The van der Waals surface area contributed by atoms with E-state index in [0.717, 1.165) is 10.8 Å². The Hall–Kier alpha value is -3.93. The van der Waals surface area contributed by atoms with E-state index in [0.29, 0.717) is 27.8 Å². The molecule has 0 fully saturated rings. The fourth-order valence-corrected chi connectivity index (χ4v) is 3.48. The van der Waals surface area contributed by atoms with E-state index in [-0.39, 0.29) is 24.4 Å². The lowest BCUT2D eigenvalue weighted by Gasteiger charge is -2.10. The van der Waals surface area contributed by atoms with Crippen molar-refractivity contribution in [2.45, 2.75) is 13.3 Å². The summed E-state index contributed by atoms with van der Waals surface area (Å²) in [6, 6.07) is 18.3. The molecule has 0 saturated heterocycles. The van der Waals surface area contributed by atoms with Gasteiger partial charge in [-0.25, -0.2) is 4.79 Å². The molecule has 0 aliphatic rings. The molecule has 0 radical (unpaired) electrons. The number of rotatable bonds is 6. The zero-order chi connectivity index (χ0) is 22.0. The highest BCUT2D eigenvalue weighted by Crippen LogP contribution is 2.25. The fraction of sp³-hybridized carbons (Fsp3) is 0.160. The van der Waals surface area contributed by atoms with Gasteiger partial charge in [-0.1, -0.05) is 36.4 Å². The molecule has 4 rings (SSSR count). The smallest absolute Gasteiger partial charge is 0.340 e. The SMILES string of the molecule is COC(=O)Cc1c(C)c2ccc(OCC(=O)c3ccc4ccccc4c3)cc2oc1=O. The molecule has 0 bridgehead atoms. The van der Waals surface area contributed by atoms with E-state index >= 15 is 0 Å². The molecule has 0 aliphatic carbocycles. The highest BCUT2D eigenvalue weighted by molar-refractivity contribution is 6.00. The average Bonchev–Trinajstić information content (AvgIpc) is 2.79. The van der Waals surface area contributed by atoms with Crippen molar-refractivity contribution in [3.05, 3.63) is 87.8 Å². The summed E-state index contributed by atoms with van der Waals surface area (Å²) in [5.41, 5.74) is 1.20. The Kier molecular flexibility index (Phi) is 5.54. The number of carbonyl (C=O) groups is 2. The highest BCUT2D eigenvalue weighted by Gasteiger charge is 2.16. The second kappa shape index (κ2) is 8.44. The number of Topliss-reactive ketones (excluding diaryl/α,β-unsaturated/α-hetero) is 1. The Morgan fingerprint density at radius 3 is 2.52 bits per heavy atom. The van der Waals surface area contributed by atoms with Gasteiger partial charge in [-0.15, -0.1) is 0 Å². The van der Waals surface area contributed by atoms with Crippen LogP contribution in [0.5, 0.6) is 5.75 Å². The zero-order valence-electron chi connectivity index (χ0n) is 17.1. The number of carbonyl (C=O) groups excluding carboxylic acids is 2. The molecular formula is C25H20O6. The number of ether oxygens (including phenoxy) is 2. The van der Waals surface area contributed by atoms with E-state index in [1.165, 1.54) is 7.11 Å². The van der Waals surface area contributed by atoms with Gasteiger partial charge in [0.15, 0.2) is 12.4 Å². The largest absolute Gasteiger partial charge is 0.485 e. The molecule has 0 saturated carbocycles. The monoisotopic (exact) mass is 416 g/mol. The molecule has 3 aromatic carbocycles. The maximum absolute atomic E-state index is 12.6. The van der Waals surface area contributed by atoms with Crippen molar-refractivity contribution in [3.8, 4) is 5.75 Å². The third-order valence-electron chi connectivity index (χ3n) is 5.25.